The maximum Gasteiger partial charge on any atom is 0.344 e. The van der Waals surface area contributed by atoms with Crippen LogP contribution in [-0.4, -0.2) is 14.8 Å². The Morgan fingerprint density at radius 2 is 2.16 bits per heavy atom. The number of rotatable bonds is 4. The normalized spacial score (nSPS) is 14.3. The van der Waals surface area contributed by atoms with Crippen molar-refractivity contribution in [1.82, 2.24) is 14.8 Å². The predicted molar refractivity (Wildman–Crippen MR) is 71.8 cm³/mol. The number of nitrogens with one attached hydrogen (secondary N) is 1. The molecule has 0 radical (unpaired) electrons. The molecule has 1 N–H and O–H groups in total. The topological polar surface area (TPSA) is 74.5 Å². The van der Waals surface area contributed by atoms with Crippen LogP contribution >= 0.6 is 11.8 Å². The Bertz CT molecular complexity index is 676. The van der Waals surface area contributed by atoms with Crippen LogP contribution < -0.4 is 5.69 Å². The Labute approximate surface area is 114 Å². The van der Waals surface area contributed by atoms with E-state index in [1.807, 2.05) is 12.1 Å². The van der Waals surface area contributed by atoms with Crippen molar-refractivity contribution in [3.8, 4) is 6.07 Å². The maximum atomic E-state index is 11.6. The summed E-state index contributed by atoms with van der Waals surface area (Å²) in [5, 5.41) is 16.1. The van der Waals surface area contributed by atoms with Crippen LogP contribution in [0.15, 0.2) is 34.2 Å². The van der Waals surface area contributed by atoms with Crippen LogP contribution in [0.1, 0.15) is 30.0 Å². The van der Waals surface area contributed by atoms with Crippen molar-refractivity contribution in [2.24, 2.45) is 0 Å². The van der Waals surface area contributed by atoms with E-state index in [4.69, 9.17) is 5.26 Å². The van der Waals surface area contributed by atoms with Gasteiger partial charge in [0.1, 0.15) is 0 Å². The molecule has 0 amide bonds. The van der Waals surface area contributed by atoms with E-state index < -0.39 is 0 Å². The zero-order valence-electron chi connectivity index (χ0n) is 10.2. The molecule has 6 heteroatoms. The lowest BCUT2D eigenvalue weighted by Crippen LogP contribution is -2.16. The molecule has 0 atom stereocenters. The Morgan fingerprint density at radius 3 is 2.79 bits per heavy atom. The molecule has 1 saturated carbocycles. The number of thioether (sulfide) groups is 1. The SMILES string of the molecule is N#Cc1ccc(CSc2n[nH]c(=O)n2C2CC2)cc1. The van der Waals surface area contributed by atoms with E-state index >= 15 is 0 Å². The second-order valence-corrected chi connectivity index (χ2v) is 5.45. The molecule has 0 unspecified atom stereocenters. The number of H-pyrrole nitrogens is 1. The summed E-state index contributed by atoms with van der Waals surface area (Å²) in [5.41, 5.74) is 1.65. The van der Waals surface area contributed by atoms with Crippen LogP contribution in [0.5, 0.6) is 0 Å². The molecule has 1 aliphatic carbocycles. The van der Waals surface area contributed by atoms with Gasteiger partial charge in [0, 0.05) is 11.8 Å². The molecule has 96 valence electrons. The first kappa shape index (κ1) is 12.1. The summed E-state index contributed by atoms with van der Waals surface area (Å²) in [5.74, 6) is 0.739. The molecule has 1 aliphatic rings. The van der Waals surface area contributed by atoms with E-state index in [1.165, 1.54) is 0 Å². The fraction of sp³-hybridized carbons (Fsp3) is 0.308. The first-order valence-electron chi connectivity index (χ1n) is 6.06. The lowest BCUT2D eigenvalue weighted by atomic mass is 10.2. The van der Waals surface area contributed by atoms with Crippen LogP contribution in [0, 0.1) is 11.3 Å². The van der Waals surface area contributed by atoms with E-state index in [2.05, 4.69) is 16.3 Å². The second kappa shape index (κ2) is 4.94. The van der Waals surface area contributed by atoms with Gasteiger partial charge in [0.05, 0.1) is 11.6 Å². The quantitative estimate of drug-likeness (QED) is 0.865. The summed E-state index contributed by atoms with van der Waals surface area (Å²) in [6.45, 7) is 0. The molecule has 5 nitrogen and oxygen atoms in total. The molecule has 0 saturated heterocycles. The van der Waals surface area contributed by atoms with E-state index in [9.17, 15) is 4.79 Å². The van der Waals surface area contributed by atoms with Crippen molar-refractivity contribution >= 4 is 11.8 Å². The van der Waals surface area contributed by atoms with Crippen molar-refractivity contribution in [1.29, 1.82) is 5.26 Å². The number of nitrogens with zero attached hydrogens (tertiary/aromatic N) is 3. The highest BCUT2D eigenvalue weighted by molar-refractivity contribution is 7.98. The molecule has 3 rings (SSSR count). The number of hydrogen-bond acceptors (Lipinski definition) is 4. The van der Waals surface area contributed by atoms with Crippen LogP contribution in [0.3, 0.4) is 0 Å². The van der Waals surface area contributed by atoms with Crippen molar-refractivity contribution < 1.29 is 0 Å². The molecule has 0 aliphatic heterocycles. The van der Waals surface area contributed by atoms with E-state index in [0.717, 1.165) is 29.3 Å². The Kier molecular flexibility index (Phi) is 3.13. The monoisotopic (exact) mass is 272 g/mol. The van der Waals surface area contributed by atoms with Crippen LogP contribution in [0.2, 0.25) is 0 Å². The lowest BCUT2D eigenvalue weighted by molar-refractivity contribution is 0.642. The number of aromatic nitrogens is 3. The Morgan fingerprint density at radius 1 is 1.42 bits per heavy atom. The second-order valence-electron chi connectivity index (χ2n) is 4.51. The lowest BCUT2D eigenvalue weighted by Gasteiger charge is -2.03. The van der Waals surface area contributed by atoms with Gasteiger partial charge in [0.25, 0.3) is 0 Å². The van der Waals surface area contributed by atoms with Gasteiger partial charge in [0.15, 0.2) is 5.16 Å². The third-order valence-corrected chi connectivity index (χ3v) is 4.06. The molecular formula is C13H12N4OS. The number of nitriles is 1. The average Bonchev–Trinajstić information content (AvgIpc) is 3.21. The van der Waals surface area contributed by atoms with Crippen molar-refractivity contribution in [2.45, 2.75) is 29.8 Å². The van der Waals surface area contributed by atoms with Crippen LogP contribution in [0.25, 0.3) is 0 Å². The first-order valence-corrected chi connectivity index (χ1v) is 7.05. The minimum atomic E-state index is -0.121. The molecule has 0 spiro atoms. The van der Waals surface area contributed by atoms with Gasteiger partial charge in [-0.1, -0.05) is 23.9 Å². The summed E-state index contributed by atoms with van der Waals surface area (Å²) in [6, 6.07) is 9.88. The van der Waals surface area contributed by atoms with Gasteiger partial charge in [-0.2, -0.15) is 5.26 Å². The summed E-state index contributed by atoms with van der Waals surface area (Å²) in [6.07, 6.45) is 2.12. The van der Waals surface area contributed by atoms with E-state index in [-0.39, 0.29) is 5.69 Å². The van der Waals surface area contributed by atoms with E-state index in [0.29, 0.717) is 11.6 Å². The first-order chi connectivity index (χ1) is 9.28. The zero-order valence-corrected chi connectivity index (χ0v) is 11.0. The molecule has 1 fully saturated rings. The van der Waals surface area contributed by atoms with Crippen LogP contribution in [-0.2, 0) is 5.75 Å². The number of hydrogen-bond donors (Lipinski definition) is 1. The number of aromatic amines is 1. The largest absolute Gasteiger partial charge is 0.344 e. The zero-order chi connectivity index (χ0) is 13.2. The number of benzene rings is 1. The average molecular weight is 272 g/mol. The Balaban J connectivity index is 1.72. The minimum Gasteiger partial charge on any atom is -0.267 e. The van der Waals surface area contributed by atoms with Gasteiger partial charge in [-0.05, 0) is 30.5 Å². The van der Waals surface area contributed by atoms with E-state index in [1.54, 1.807) is 28.5 Å². The van der Waals surface area contributed by atoms with Gasteiger partial charge >= 0.3 is 5.69 Å². The van der Waals surface area contributed by atoms with Gasteiger partial charge in [-0.3, -0.25) is 4.57 Å². The molecule has 2 aromatic rings. The van der Waals surface area contributed by atoms with Gasteiger partial charge in [0.2, 0.25) is 0 Å². The predicted octanol–water partition coefficient (Wildman–Crippen LogP) is 2.07. The molecule has 19 heavy (non-hydrogen) atoms. The van der Waals surface area contributed by atoms with Crippen molar-refractivity contribution in [3.63, 3.8) is 0 Å². The minimum absolute atomic E-state index is 0.121. The molecular weight excluding hydrogens is 260 g/mol. The summed E-state index contributed by atoms with van der Waals surface area (Å²) in [7, 11) is 0. The molecule has 1 aromatic carbocycles. The fourth-order valence-corrected chi connectivity index (χ4v) is 2.84. The van der Waals surface area contributed by atoms with Gasteiger partial charge < -0.3 is 0 Å². The molecule has 1 aromatic heterocycles. The third-order valence-electron chi connectivity index (χ3n) is 3.04. The smallest absolute Gasteiger partial charge is 0.267 e. The van der Waals surface area contributed by atoms with Gasteiger partial charge in [-0.15, -0.1) is 5.10 Å². The fourth-order valence-electron chi connectivity index (χ4n) is 1.87. The summed E-state index contributed by atoms with van der Waals surface area (Å²) >= 11 is 1.54. The highest BCUT2D eigenvalue weighted by atomic mass is 32.2. The highest BCUT2D eigenvalue weighted by Gasteiger charge is 2.28. The molecule has 0 bridgehead atoms. The standard InChI is InChI=1S/C13H12N4OS/c14-7-9-1-3-10(4-2-9)8-19-13-16-15-12(18)17(13)11-5-6-11/h1-4,11H,5-6,8H2,(H,15,18). The maximum absolute atomic E-state index is 11.6. The van der Waals surface area contributed by atoms with Crippen molar-refractivity contribution in [2.75, 3.05) is 0 Å². The van der Waals surface area contributed by atoms with Gasteiger partial charge in [-0.25, -0.2) is 9.89 Å². The third kappa shape index (κ3) is 2.56. The summed E-state index contributed by atoms with van der Waals surface area (Å²) < 4.78 is 1.74. The molecule has 1 heterocycles. The Hall–Kier alpha value is -2.00. The summed E-state index contributed by atoms with van der Waals surface area (Å²) in [4.78, 5) is 11.6. The van der Waals surface area contributed by atoms with Crippen LogP contribution in [0.4, 0.5) is 0 Å². The van der Waals surface area contributed by atoms with Crippen molar-refractivity contribution in [3.05, 3.63) is 45.9 Å². The highest BCUT2D eigenvalue weighted by Crippen LogP contribution is 2.36.